The number of hydrogen-bond donors (Lipinski definition) is 0. The van der Waals surface area contributed by atoms with Crippen molar-refractivity contribution >= 4 is 34.8 Å². The fourth-order valence-electron chi connectivity index (χ4n) is 16.6. The molecule has 0 aromatic heterocycles. The fourth-order valence-corrected chi connectivity index (χ4v) is 16.6. The first-order valence-corrected chi connectivity index (χ1v) is 55.7. The highest BCUT2D eigenvalue weighted by Crippen LogP contribution is 2.36. The molecule has 4 saturated heterocycles. The minimum atomic E-state index is 0.222. The minimum absolute atomic E-state index is 0.222. The molecule has 2 aliphatic carbocycles. The van der Waals surface area contributed by atoms with Crippen LogP contribution in [-0.4, -0.2) is 183 Å². The summed E-state index contributed by atoms with van der Waals surface area (Å²) in [6.07, 6.45) is 38.1. The van der Waals surface area contributed by atoms with Crippen LogP contribution < -0.4 is 4.74 Å². The van der Waals surface area contributed by atoms with E-state index in [4.69, 9.17) is 14.2 Å². The molecule has 8 rings (SSSR count). The van der Waals surface area contributed by atoms with Crippen molar-refractivity contribution in [3.05, 3.63) is 65.2 Å². The lowest BCUT2D eigenvalue weighted by molar-refractivity contribution is -0.129. The standard InChI is InChI=1S/C15H22O2.C15H28O.C15H22O.C14H26O.C13H27N.2C12H25NO.C10H21N.C9H19NO.C9H18O/c1-15(2,3)10-9-13(16)11-12-5-7-14(17-4)8-6-12;2*1-12-5-7-13(8-6-12)11-14(16)9-10-15(2,3)4;1-14(2,3)10-9-13(15)11-12-7-5-4-6-8-12;1-12(2,3)6-9-14-10-7-13(4,5)8-11-14;2*1-10-8-13(9-11(2)14-10)7-6-12(3,4)5;1-10(2,3)6-9-11-7-4-5-8-11;1-9(2,3)7-6-8(11)10(4)5;1-5-8(10)6-7-9(2,3)4/h5-8H,9-11H2,1-4H3;12-13H,5-11H2,1-4H3;5-8H,9-11H2,1-4H3;12H,4-11H2,1-3H3;6-11H2,1-5H3;2*10-11H,6-9H2,1-5H3;4-9H2,1-3H3;6-7H2,1-5H3;5-7H2,1-4H3/t;;;;;10-,11-;;;;/m.....1..../s1. The van der Waals surface area contributed by atoms with Crippen molar-refractivity contribution in [2.24, 2.45) is 77.3 Å². The zero-order valence-electron chi connectivity index (χ0n) is 99.6. The van der Waals surface area contributed by atoms with E-state index in [1.54, 1.807) is 26.1 Å². The third kappa shape index (κ3) is 87.2. The van der Waals surface area contributed by atoms with Gasteiger partial charge in [-0.3, -0.25) is 38.6 Å². The molecule has 2 unspecified atom stereocenters. The summed E-state index contributed by atoms with van der Waals surface area (Å²) in [6.45, 7) is 101. The Morgan fingerprint density at radius 3 is 0.920 bits per heavy atom. The maximum atomic E-state index is 11.8. The highest BCUT2D eigenvalue weighted by atomic mass is 16.5. The second kappa shape index (κ2) is 67.6. The van der Waals surface area contributed by atoms with Crippen LogP contribution in [-0.2, 0) is 51.1 Å². The molecule has 6 fully saturated rings. The van der Waals surface area contributed by atoms with Crippen molar-refractivity contribution < 1.29 is 43.0 Å². The third-order valence-electron chi connectivity index (χ3n) is 26.8. The highest BCUT2D eigenvalue weighted by molar-refractivity contribution is 5.82. The molecule has 138 heavy (non-hydrogen) atoms. The van der Waals surface area contributed by atoms with Gasteiger partial charge in [0.25, 0.3) is 0 Å². The average Bonchev–Trinajstić information content (AvgIpc) is 1.03. The molecule has 0 N–H and O–H groups in total. The summed E-state index contributed by atoms with van der Waals surface area (Å²) >= 11 is 0. The molecule has 2 aromatic carbocycles. The molecule has 808 valence electrons. The first kappa shape index (κ1) is 136. The van der Waals surface area contributed by atoms with Gasteiger partial charge in [0.15, 0.2) is 0 Å². The lowest BCUT2D eigenvalue weighted by Crippen LogP contribution is -2.46. The Kier molecular flexibility index (Phi) is 66.5. The number of carbonyl (C=O) groups excluding carboxylic acids is 6. The number of aryl methyl sites for hydroxylation is 1. The fraction of sp³-hybridized carbons (Fsp3) is 0.855. The second-order valence-corrected chi connectivity index (χ2v) is 56.3. The van der Waals surface area contributed by atoms with Crippen molar-refractivity contribution in [1.29, 1.82) is 0 Å². The van der Waals surface area contributed by atoms with Crippen molar-refractivity contribution in [2.45, 2.75) is 513 Å². The normalized spacial score (nSPS) is 20.0. The number of ketones is 5. The number of benzene rings is 2. The summed E-state index contributed by atoms with van der Waals surface area (Å²) in [5, 5.41) is 0. The Balaban J connectivity index is 0. The molecule has 0 spiro atoms. The Morgan fingerprint density at radius 2 is 0.623 bits per heavy atom. The predicted molar refractivity (Wildman–Crippen MR) is 599 cm³/mol. The van der Waals surface area contributed by atoms with Crippen LogP contribution in [0.25, 0.3) is 0 Å². The van der Waals surface area contributed by atoms with E-state index in [2.05, 4.69) is 295 Å². The van der Waals surface area contributed by atoms with Gasteiger partial charge >= 0.3 is 0 Å². The van der Waals surface area contributed by atoms with Gasteiger partial charge in [0, 0.05) is 111 Å². The Bertz CT molecular complexity index is 3410. The maximum absolute atomic E-state index is 11.8. The third-order valence-corrected chi connectivity index (χ3v) is 26.8. The number of rotatable bonds is 30. The van der Waals surface area contributed by atoms with Crippen LogP contribution in [0.3, 0.4) is 0 Å². The van der Waals surface area contributed by atoms with E-state index in [-0.39, 0.29) is 22.2 Å². The summed E-state index contributed by atoms with van der Waals surface area (Å²) in [5.74, 6) is 5.39. The van der Waals surface area contributed by atoms with E-state index in [0.717, 1.165) is 120 Å². The quantitative estimate of drug-likeness (QED) is 0.0732. The number of methoxy groups -OCH3 is 1. The van der Waals surface area contributed by atoms with Gasteiger partial charge in [0.05, 0.1) is 31.5 Å². The number of Topliss-reactive ketones (excluding diaryl/α,β-unsaturated/α-hetero) is 5. The molecule has 1 amide bonds. The molecule has 0 bridgehead atoms. The number of ether oxygens (including phenoxy) is 3. The van der Waals surface area contributed by atoms with E-state index >= 15 is 0 Å². The predicted octanol–water partition coefficient (Wildman–Crippen LogP) is 32.3. The summed E-state index contributed by atoms with van der Waals surface area (Å²) in [5.41, 5.74) is 7.61. The van der Waals surface area contributed by atoms with Crippen molar-refractivity contribution in [3.8, 4) is 5.75 Å². The summed E-state index contributed by atoms with van der Waals surface area (Å²) in [7, 11) is 5.24. The Morgan fingerprint density at radius 1 is 0.348 bits per heavy atom. The van der Waals surface area contributed by atoms with Crippen LogP contribution in [0.1, 0.15) is 485 Å². The first-order valence-electron chi connectivity index (χ1n) is 55.7. The van der Waals surface area contributed by atoms with Crippen molar-refractivity contribution in [3.63, 3.8) is 0 Å². The number of hydrogen-bond acceptors (Lipinski definition) is 13. The number of likely N-dealkylation sites (tertiary alicyclic amines) is 2. The van der Waals surface area contributed by atoms with Gasteiger partial charge in [-0.1, -0.05) is 322 Å². The second-order valence-electron chi connectivity index (χ2n) is 56.3. The number of amides is 1. The zero-order chi connectivity index (χ0) is 107. The lowest BCUT2D eigenvalue weighted by atomic mass is 9.79. The van der Waals surface area contributed by atoms with Gasteiger partial charge in [-0.25, -0.2) is 0 Å². The van der Waals surface area contributed by atoms with E-state index in [1.807, 2.05) is 43.3 Å². The van der Waals surface area contributed by atoms with Crippen molar-refractivity contribution in [2.75, 3.05) is 99.7 Å². The topological polar surface area (TPSA) is 146 Å². The van der Waals surface area contributed by atoms with E-state index in [0.29, 0.717) is 147 Å². The molecule has 4 aliphatic heterocycles. The molecule has 14 nitrogen and oxygen atoms in total. The van der Waals surface area contributed by atoms with Crippen LogP contribution in [0.5, 0.6) is 5.75 Å². The monoisotopic (exact) mass is 1940 g/mol. The van der Waals surface area contributed by atoms with Crippen LogP contribution in [0.2, 0.25) is 0 Å². The van der Waals surface area contributed by atoms with E-state index < -0.39 is 0 Å². The number of morpholine rings is 2. The smallest absolute Gasteiger partial charge is 0.222 e. The molecule has 2 aromatic rings. The molecular weight excluding hydrogens is 1700 g/mol. The Hall–Kier alpha value is -4.18. The minimum Gasteiger partial charge on any atom is -0.497 e. The summed E-state index contributed by atoms with van der Waals surface area (Å²) < 4.78 is 16.5. The van der Waals surface area contributed by atoms with Gasteiger partial charge in [0.1, 0.15) is 34.7 Å². The van der Waals surface area contributed by atoms with Gasteiger partial charge in [-0.05, 0) is 290 Å². The van der Waals surface area contributed by atoms with Crippen molar-refractivity contribution in [1.82, 2.24) is 24.5 Å². The van der Waals surface area contributed by atoms with Gasteiger partial charge in [-0.2, -0.15) is 0 Å². The molecule has 4 atom stereocenters. The van der Waals surface area contributed by atoms with Gasteiger partial charge < -0.3 is 28.9 Å². The molecule has 14 heteroatoms. The van der Waals surface area contributed by atoms with Gasteiger partial charge in [-0.15, -0.1) is 0 Å². The van der Waals surface area contributed by atoms with E-state index in [1.165, 1.54) is 167 Å². The summed E-state index contributed by atoms with van der Waals surface area (Å²) in [4.78, 5) is 81.0. The van der Waals surface area contributed by atoms with Gasteiger partial charge in [0.2, 0.25) is 5.91 Å². The zero-order valence-corrected chi connectivity index (χ0v) is 99.6. The molecule has 4 heterocycles. The maximum Gasteiger partial charge on any atom is 0.222 e. The van der Waals surface area contributed by atoms with Crippen LogP contribution in [0, 0.1) is 84.2 Å². The molecule has 0 radical (unpaired) electrons. The van der Waals surface area contributed by atoms with Crippen LogP contribution in [0.15, 0.2) is 48.5 Å². The largest absolute Gasteiger partial charge is 0.497 e. The van der Waals surface area contributed by atoms with E-state index in [9.17, 15) is 28.8 Å². The van der Waals surface area contributed by atoms with Crippen LogP contribution >= 0.6 is 0 Å². The lowest BCUT2D eigenvalue weighted by Gasteiger charge is -2.37. The molecule has 2 saturated carbocycles. The SMILES string of the molecule is CC(C)(C)CCC(=O)CC1CCCCC1.CC(C)(C)CCN1CCC(C)(C)CC1.CC(C)(C)CCN1CCCC1.CC1CCC(CC(=O)CCC(C)(C)C)CC1.CC1CN(CCC(C)(C)C)CC(C)O1.CCC(=O)CCC(C)(C)C.CN(C)C(=O)CCC(C)(C)C.COc1ccc(CC(=O)CCC(C)(C)C)cc1.C[C@@H]1CN(CCC(C)(C)C)C[C@@H](C)O1.Cc1ccc(CC(=O)CCC(C)(C)C)cc1. The first-order chi connectivity index (χ1) is 63.0. The average molecular weight is 1940 g/mol. The number of piperidine rings is 1. The molecular formula is C124H233N5O9. The number of nitrogens with zero attached hydrogens (tertiary/aromatic N) is 5. The van der Waals surface area contributed by atoms with Crippen LogP contribution in [0.4, 0.5) is 0 Å². The Labute approximate surface area is 857 Å². The number of carbonyl (C=O) groups is 6. The highest BCUT2D eigenvalue weighted by Gasteiger charge is 2.30. The molecule has 6 aliphatic rings. The summed E-state index contributed by atoms with van der Waals surface area (Å²) in [6, 6.07) is 15.9.